The standard InChI is InChI=1S/C32H25F3N2O4/c1-39-28-16-23-24(17-29(28)40-2)30(21-11-13-22(14-12-21)32(33,34)35)26(37-31(38)25-10-6-7-15-36-25)18-27(23)41-19-20-8-4-3-5-9-20/h3-18H,19H2,1-2H3,(H,37,38). The minimum Gasteiger partial charge on any atom is -0.493 e. The number of methoxy groups -OCH3 is 2. The summed E-state index contributed by atoms with van der Waals surface area (Å²) in [6, 6.07) is 24.4. The second-order valence-electron chi connectivity index (χ2n) is 9.07. The molecule has 5 rings (SSSR count). The molecule has 208 valence electrons. The lowest BCUT2D eigenvalue weighted by atomic mass is 9.94. The van der Waals surface area contributed by atoms with Crippen molar-refractivity contribution in [2.24, 2.45) is 0 Å². The smallest absolute Gasteiger partial charge is 0.416 e. The van der Waals surface area contributed by atoms with Crippen LogP contribution in [0.2, 0.25) is 0 Å². The molecule has 41 heavy (non-hydrogen) atoms. The topological polar surface area (TPSA) is 69.7 Å². The maximum Gasteiger partial charge on any atom is 0.416 e. The predicted molar refractivity (Wildman–Crippen MR) is 150 cm³/mol. The van der Waals surface area contributed by atoms with Gasteiger partial charge in [0, 0.05) is 23.2 Å². The third-order valence-electron chi connectivity index (χ3n) is 6.49. The summed E-state index contributed by atoms with van der Waals surface area (Å²) in [4.78, 5) is 17.3. The first-order valence-corrected chi connectivity index (χ1v) is 12.6. The number of benzene rings is 4. The maximum atomic E-state index is 13.4. The lowest BCUT2D eigenvalue weighted by Gasteiger charge is -2.20. The van der Waals surface area contributed by atoms with E-state index in [1.807, 2.05) is 30.3 Å². The second kappa shape index (κ2) is 11.6. The van der Waals surface area contributed by atoms with Crippen LogP contribution in [0.25, 0.3) is 21.9 Å². The van der Waals surface area contributed by atoms with Gasteiger partial charge in [0.25, 0.3) is 5.91 Å². The third-order valence-corrected chi connectivity index (χ3v) is 6.49. The van der Waals surface area contributed by atoms with Gasteiger partial charge in [-0.25, -0.2) is 0 Å². The number of alkyl halides is 3. The van der Waals surface area contributed by atoms with Crippen LogP contribution in [0.3, 0.4) is 0 Å². The highest BCUT2D eigenvalue weighted by Gasteiger charge is 2.30. The molecule has 0 atom stereocenters. The van der Waals surface area contributed by atoms with Crippen LogP contribution in [0.4, 0.5) is 18.9 Å². The van der Waals surface area contributed by atoms with Crippen LogP contribution in [0.5, 0.6) is 17.2 Å². The summed E-state index contributed by atoms with van der Waals surface area (Å²) in [5, 5.41) is 4.08. The Morgan fingerprint density at radius 1 is 0.805 bits per heavy atom. The van der Waals surface area contributed by atoms with E-state index in [0.29, 0.717) is 44.8 Å². The number of amides is 1. The van der Waals surface area contributed by atoms with Gasteiger partial charge in [0.15, 0.2) is 11.5 Å². The van der Waals surface area contributed by atoms with Crippen molar-refractivity contribution in [2.75, 3.05) is 19.5 Å². The monoisotopic (exact) mass is 558 g/mol. The first-order valence-electron chi connectivity index (χ1n) is 12.6. The van der Waals surface area contributed by atoms with Gasteiger partial charge in [-0.3, -0.25) is 9.78 Å². The van der Waals surface area contributed by atoms with E-state index in [1.165, 1.54) is 32.5 Å². The number of halogens is 3. The van der Waals surface area contributed by atoms with Crippen molar-refractivity contribution >= 4 is 22.4 Å². The number of fused-ring (bicyclic) bond motifs is 1. The summed E-state index contributed by atoms with van der Waals surface area (Å²) in [5.41, 5.74) is 1.55. The summed E-state index contributed by atoms with van der Waals surface area (Å²) in [5.74, 6) is 0.771. The molecule has 5 aromatic rings. The highest BCUT2D eigenvalue weighted by Crippen LogP contribution is 2.46. The molecule has 0 saturated carbocycles. The number of pyridine rings is 1. The van der Waals surface area contributed by atoms with E-state index in [-0.39, 0.29) is 12.3 Å². The Morgan fingerprint density at radius 3 is 2.07 bits per heavy atom. The average Bonchev–Trinajstić information content (AvgIpc) is 2.99. The van der Waals surface area contributed by atoms with Gasteiger partial charge in [-0.15, -0.1) is 0 Å². The van der Waals surface area contributed by atoms with Gasteiger partial charge in [0.1, 0.15) is 18.1 Å². The molecule has 0 bridgehead atoms. The zero-order chi connectivity index (χ0) is 29.0. The van der Waals surface area contributed by atoms with Crippen molar-refractivity contribution in [2.45, 2.75) is 12.8 Å². The molecule has 6 nitrogen and oxygen atoms in total. The molecule has 0 fully saturated rings. The van der Waals surface area contributed by atoms with Gasteiger partial charge in [0.05, 0.1) is 25.5 Å². The fourth-order valence-electron chi connectivity index (χ4n) is 4.49. The van der Waals surface area contributed by atoms with Crippen molar-refractivity contribution in [3.63, 3.8) is 0 Å². The minimum atomic E-state index is -4.50. The fraction of sp³-hybridized carbons (Fsp3) is 0.125. The molecule has 0 saturated heterocycles. The molecule has 9 heteroatoms. The Morgan fingerprint density at radius 2 is 1.46 bits per heavy atom. The van der Waals surface area contributed by atoms with Crippen LogP contribution in [0, 0.1) is 0 Å². The van der Waals surface area contributed by atoms with Gasteiger partial charge in [-0.2, -0.15) is 13.2 Å². The molecular weight excluding hydrogens is 533 g/mol. The Balaban J connectivity index is 1.73. The summed E-state index contributed by atoms with van der Waals surface area (Å²) in [6.07, 6.45) is -3.00. The lowest BCUT2D eigenvalue weighted by Crippen LogP contribution is -2.14. The number of hydrogen-bond donors (Lipinski definition) is 1. The van der Waals surface area contributed by atoms with Crippen molar-refractivity contribution in [1.82, 2.24) is 4.98 Å². The molecule has 0 aliphatic heterocycles. The Bertz CT molecular complexity index is 1670. The van der Waals surface area contributed by atoms with E-state index < -0.39 is 17.6 Å². The molecule has 0 radical (unpaired) electrons. The van der Waals surface area contributed by atoms with Gasteiger partial charge in [0.2, 0.25) is 0 Å². The van der Waals surface area contributed by atoms with Crippen LogP contribution < -0.4 is 19.5 Å². The number of aromatic nitrogens is 1. The van der Waals surface area contributed by atoms with Crippen molar-refractivity contribution in [1.29, 1.82) is 0 Å². The molecule has 0 aliphatic carbocycles. The SMILES string of the molecule is COc1cc2c(OCc3ccccc3)cc(NC(=O)c3ccccn3)c(-c3ccc(C(F)(F)F)cc3)c2cc1OC. The van der Waals surface area contributed by atoms with Gasteiger partial charge in [-0.1, -0.05) is 48.5 Å². The summed E-state index contributed by atoms with van der Waals surface area (Å²) in [7, 11) is 2.99. The quantitative estimate of drug-likeness (QED) is 0.211. The van der Waals surface area contributed by atoms with Crippen molar-refractivity contribution in [3.05, 3.63) is 114 Å². The zero-order valence-electron chi connectivity index (χ0n) is 22.2. The molecule has 1 heterocycles. The number of carbonyl (C=O) groups is 1. The van der Waals surface area contributed by atoms with E-state index in [9.17, 15) is 18.0 Å². The first-order chi connectivity index (χ1) is 19.8. The normalized spacial score (nSPS) is 11.2. The number of ether oxygens (including phenoxy) is 3. The van der Waals surface area contributed by atoms with Crippen molar-refractivity contribution < 1.29 is 32.2 Å². The molecule has 1 amide bonds. The average molecular weight is 559 g/mol. The number of nitrogens with zero attached hydrogens (tertiary/aromatic N) is 1. The van der Waals surface area contributed by atoms with Crippen LogP contribution in [-0.2, 0) is 12.8 Å². The second-order valence-corrected chi connectivity index (χ2v) is 9.07. The highest BCUT2D eigenvalue weighted by molar-refractivity contribution is 6.12. The molecule has 0 aliphatic rings. The number of hydrogen-bond acceptors (Lipinski definition) is 5. The summed E-state index contributed by atoms with van der Waals surface area (Å²) >= 11 is 0. The first kappa shape index (κ1) is 27.5. The van der Waals surface area contributed by atoms with E-state index in [2.05, 4.69) is 10.3 Å². The minimum absolute atomic E-state index is 0.171. The third kappa shape index (κ3) is 5.94. The number of rotatable bonds is 8. The van der Waals surface area contributed by atoms with E-state index >= 15 is 0 Å². The number of anilines is 1. The summed E-state index contributed by atoms with van der Waals surface area (Å²) in [6.45, 7) is 0.234. The molecular formula is C32H25F3N2O4. The molecule has 4 aromatic carbocycles. The number of carbonyl (C=O) groups excluding carboxylic acids is 1. The Hall–Kier alpha value is -5.05. The Labute approximate surface area is 234 Å². The predicted octanol–water partition coefficient (Wildman–Crippen LogP) is 7.77. The van der Waals surface area contributed by atoms with Crippen LogP contribution in [0.1, 0.15) is 21.6 Å². The van der Waals surface area contributed by atoms with Crippen LogP contribution in [-0.4, -0.2) is 25.1 Å². The number of nitrogens with one attached hydrogen (secondary N) is 1. The highest BCUT2D eigenvalue weighted by atomic mass is 19.4. The van der Waals surface area contributed by atoms with Crippen molar-refractivity contribution in [3.8, 4) is 28.4 Å². The van der Waals surface area contributed by atoms with E-state index in [0.717, 1.165) is 17.7 Å². The van der Waals surface area contributed by atoms with E-state index in [1.54, 1.807) is 36.4 Å². The maximum absolute atomic E-state index is 13.4. The lowest BCUT2D eigenvalue weighted by molar-refractivity contribution is -0.137. The van der Waals surface area contributed by atoms with Crippen LogP contribution in [0.15, 0.2) is 97.2 Å². The molecule has 0 spiro atoms. The molecule has 0 unspecified atom stereocenters. The fourth-order valence-corrected chi connectivity index (χ4v) is 4.49. The molecule has 1 N–H and O–H groups in total. The van der Waals surface area contributed by atoms with E-state index in [4.69, 9.17) is 14.2 Å². The van der Waals surface area contributed by atoms with Gasteiger partial charge >= 0.3 is 6.18 Å². The van der Waals surface area contributed by atoms with Gasteiger partial charge in [-0.05, 0) is 52.9 Å². The van der Waals surface area contributed by atoms with Gasteiger partial charge < -0.3 is 19.5 Å². The largest absolute Gasteiger partial charge is 0.493 e. The molecule has 1 aromatic heterocycles. The zero-order valence-corrected chi connectivity index (χ0v) is 22.2. The van der Waals surface area contributed by atoms with Crippen LogP contribution >= 0.6 is 0 Å². The summed E-state index contributed by atoms with van der Waals surface area (Å²) < 4.78 is 57.4. The Kier molecular flexibility index (Phi) is 7.78.